The largest absolute Gasteiger partial charge is 0.477 e. The van der Waals surface area contributed by atoms with E-state index in [1.165, 1.54) is 0 Å². The van der Waals surface area contributed by atoms with Gasteiger partial charge in [-0.05, 0) is 32.8 Å². The van der Waals surface area contributed by atoms with E-state index in [9.17, 15) is 9.59 Å². The highest BCUT2D eigenvalue weighted by molar-refractivity contribution is 5.99. The van der Waals surface area contributed by atoms with Crippen LogP contribution in [-0.2, 0) is 0 Å². The number of aromatic nitrogens is 1. The van der Waals surface area contributed by atoms with Crippen molar-refractivity contribution in [1.82, 2.24) is 9.88 Å². The number of rotatable bonds is 4. The number of hydrogen-bond acceptors (Lipinski definition) is 2. The predicted molar refractivity (Wildman–Crippen MR) is 76.1 cm³/mol. The van der Waals surface area contributed by atoms with Crippen LogP contribution in [0.5, 0.6) is 0 Å². The van der Waals surface area contributed by atoms with E-state index in [-0.39, 0.29) is 17.8 Å². The average molecular weight is 279 g/mol. The molecule has 1 aliphatic carbocycles. The zero-order chi connectivity index (χ0) is 14.7. The van der Waals surface area contributed by atoms with Gasteiger partial charge >= 0.3 is 12.0 Å². The molecule has 0 bridgehead atoms. The lowest BCUT2D eigenvalue weighted by Crippen LogP contribution is -2.41. The molecule has 1 heterocycles. The minimum atomic E-state index is -1.07. The van der Waals surface area contributed by atoms with Gasteiger partial charge in [0, 0.05) is 18.3 Å². The van der Waals surface area contributed by atoms with Crippen LogP contribution < -0.4 is 5.32 Å². The molecule has 1 saturated carbocycles. The van der Waals surface area contributed by atoms with Crippen LogP contribution >= 0.6 is 0 Å². The molecule has 6 nitrogen and oxygen atoms in total. The first-order chi connectivity index (χ1) is 9.52. The Bertz CT molecular complexity index is 504. The van der Waals surface area contributed by atoms with Crippen LogP contribution in [0.4, 0.5) is 10.5 Å². The van der Waals surface area contributed by atoms with Gasteiger partial charge in [-0.3, -0.25) is 0 Å². The Morgan fingerprint density at radius 1 is 1.45 bits per heavy atom. The molecule has 6 heteroatoms. The Kier molecular flexibility index (Phi) is 4.32. The normalized spacial score (nSPS) is 15.3. The van der Waals surface area contributed by atoms with Crippen molar-refractivity contribution in [3.63, 3.8) is 0 Å². The van der Waals surface area contributed by atoms with Crippen molar-refractivity contribution in [2.45, 2.75) is 45.6 Å². The minimum absolute atomic E-state index is 0.0262. The first-order valence-corrected chi connectivity index (χ1v) is 7.03. The molecule has 1 aromatic rings. The molecular formula is C14H21N3O3. The van der Waals surface area contributed by atoms with Gasteiger partial charge < -0.3 is 20.3 Å². The zero-order valence-electron chi connectivity index (χ0n) is 11.9. The number of nitrogens with one attached hydrogen (secondary N) is 2. The van der Waals surface area contributed by atoms with E-state index >= 15 is 0 Å². The maximum Gasteiger partial charge on any atom is 0.354 e. The zero-order valence-corrected chi connectivity index (χ0v) is 11.9. The Morgan fingerprint density at radius 2 is 2.10 bits per heavy atom. The van der Waals surface area contributed by atoms with E-state index in [0.29, 0.717) is 17.9 Å². The minimum Gasteiger partial charge on any atom is -0.477 e. The molecule has 1 aliphatic rings. The van der Waals surface area contributed by atoms with Gasteiger partial charge in [0.05, 0.1) is 5.69 Å². The number of aryl methyl sites for hydroxylation is 1. The number of nitrogens with zero attached hydrogens (tertiary/aromatic N) is 1. The number of hydrogen-bond donors (Lipinski definition) is 3. The Hall–Kier alpha value is -1.98. The SMILES string of the molecule is CCN(C(=O)Nc1cc(C)[nH]c1C(=O)O)C1CCCC1. The van der Waals surface area contributed by atoms with Crippen LogP contribution in [0.1, 0.15) is 48.8 Å². The summed E-state index contributed by atoms with van der Waals surface area (Å²) in [4.78, 5) is 28.0. The summed E-state index contributed by atoms with van der Waals surface area (Å²) in [6.07, 6.45) is 4.36. The van der Waals surface area contributed by atoms with Crippen molar-refractivity contribution >= 4 is 17.7 Å². The Morgan fingerprint density at radius 3 is 2.65 bits per heavy atom. The number of aromatic carboxylic acids is 1. The third-order valence-electron chi connectivity index (χ3n) is 3.77. The van der Waals surface area contributed by atoms with Crippen LogP contribution in [0.25, 0.3) is 0 Å². The summed E-state index contributed by atoms with van der Waals surface area (Å²) in [5, 5.41) is 11.8. The number of carbonyl (C=O) groups excluding carboxylic acids is 1. The quantitative estimate of drug-likeness (QED) is 0.792. The van der Waals surface area contributed by atoms with Crippen molar-refractivity contribution in [1.29, 1.82) is 0 Å². The summed E-state index contributed by atoms with van der Waals surface area (Å²) in [5.74, 6) is -1.07. The summed E-state index contributed by atoms with van der Waals surface area (Å²) in [5.41, 5.74) is 1.07. The number of anilines is 1. The van der Waals surface area contributed by atoms with E-state index in [1.807, 2.05) is 6.92 Å². The Balaban J connectivity index is 2.11. The first-order valence-electron chi connectivity index (χ1n) is 7.03. The molecule has 110 valence electrons. The molecule has 2 amide bonds. The van der Waals surface area contributed by atoms with Gasteiger partial charge in [-0.25, -0.2) is 9.59 Å². The lowest BCUT2D eigenvalue weighted by molar-refractivity contribution is 0.0692. The molecule has 0 unspecified atom stereocenters. The number of carboxylic acid groups (broad SMARTS) is 1. The van der Waals surface area contributed by atoms with Crippen molar-refractivity contribution < 1.29 is 14.7 Å². The van der Waals surface area contributed by atoms with E-state index < -0.39 is 5.97 Å². The fourth-order valence-electron chi connectivity index (χ4n) is 2.83. The summed E-state index contributed by atoms with van der Waals surface area (Å²) >= 11 is 0. The molecular weight excluding hydrogens is 258 g/mol. The highest BCUT2D eigenvalue weighted by Crippen LogP contribution is 2.24. The number of carbonyl (C=O) groups is 2. The molecule has 0 spiro atoms. The topological polar surface area (TPSA) is 85.4 Å². The maximum atomic E-state index is 12.3. The predicted octanol–water partition coefficient (Wildman–Crippen LogP) is 2.82. The monoisotopic (exact) mass is 279 g/mol. The van der Waals surface area contributed by atoms with Crippen LogP contribution in [0, 0.1) is 6.92 Å². The van der Waals surface area contributed by atoms with E-state index in [0.717, 1.165) is 25.7 Å². The number of H-pyrrole nitrogens is 1. The third-order valence-corrected chi connectivity index (χ3v) is 3.77. The molecule has 0 aliphatic heterocycles. The summed E-state index contributed by atoms with van der Waals surface area (Å²) < 4.78 is 0. The van der Waals surface area contributed by atoms with Crippen molar-refractivity contribution in [3.05, 3.63) is 17.5 Å². The van der Waals surface area contributed by atoms with E-state index in [4.69, 9.17) is 5.11 Å². The molecule has 0 radical (unpaired) electrons. The average Bonchev–Trinajstić information content (AvgIpc) is 3.00. The molecule has 1 aromatic heterocycles. The first kappa shape index (κ1) is 14.4. The fourth-order valence-corrected chi connectivity index (χ4v) is 2.83. The van der Waals surface area contributed by atoms with Crippen LogP contribution in [-0.4, -0.2) is 39.6 Å². The van der Waals surface area contributed by atoms with Crippen LogP contribution in [0.2, 0.25) is 0 Å². The van der Waals surface area contributed by atoms with E-state index in [2.05, 4.69) is 10.3 Å². The molecule has 1 fully saturated rings. The van der Waals surface area contributed by atoms with Crippen LogP contribution in [0.15, 0.2) is 6.07 Å². The van der Waals surface area contributed by atoms with Gasteiger partial charge in [0.1, 0.15) is 5.69 Å². The van der Waals surface area contributed by atoms with Gasteiger partial charge in [0.15, 0.2) is 0 Å². The molecule has 20 heavy (non-hydrogen) atoms. The summed E-state index contributed by atoms with van der Waals surface area (Å²) in [6, 6.07) is 1.69. The molecule has 0 saturated heterocycles. The fraction of sp³-hybridized carbons (Fsp3) is 0.571. The van der Waals surface area contributed by atoms with Crippen molar-refractivity contribution in [2.24, 2.45) is 0 Å². The highest BCUT2D eigenvalue weighted by atomic mass is 16.4. The summed E-state index contributed by atoms with van der Waals surface area (Å²) in [7, 11) is 0. The van der Waals surface area contributed by atoms with Crippen molar-refractivity contribution in [2.75, 3.05) is 11.9 Å². The second-order valence-electron chi connectivity index (χ2n) is 5.20. The van der Waals surface area contributed by atoms with Crippen molar-refractivity contribution in [3.8, 4) is 0 Å². The number of carboxylic acids is 1. The molecule has 3 N–H and O–H groups in total. The Labute approximate surface area is 118 Å². The number of urea groups is 1. The third kappa shape index (κ3) is 2.95. The molecule has 0 atom stereocenters. The van der Waals surface area contributed by atoms with E-state index in [1.54, 1.807) is 17.9 Å². The standard InChI is InChI=1S/C14H21N3O3/c1-3-17(10-6-4-5-7-10)14(20)16-11-8-9(2)15-12(11)13(18)19/h8,10,15H,3-7H2,1-2H3,(H,16,20)(H,18,19). The number of aromatic amines is 1. The van der Waals surface area contributed by atoms with Gasteiger partial charge in [-0.2, -0.15) is 0 Å². The van der Waals surface area contributed by atoms with Crippen LogP contribution in [0.3, 0.4) is 0 Å². The second kappa shape index (κ2) is 5.98. The summed E-state index contributed by atoms with van der Waals surface area (Å²) in [6.45, 7) is 4.33. The highest BCUT2D eigenvalue weighted by Gasteiger charge is 2.26. The lowest BCUT2D eigenvalue weighted by Gasteiger charge is -2.27. The van der Waals surface area contributed by atoms with Gasteiger partial charge in [-0.15, -0.1) is 0 Å². The smallest absolute Gasteiger partial charge is 0.354 e. The van der Waals surface area contributed by atoms with Gasteiger partial charge in [0.25, 0.3) is 0 Å². The van der Waals surface area contributed by atoms with Gasteiger partial charge in [-0.1, -0.05) is 12.8 Å². The second-order valence-corrected chi connectivity index (χ2v) is 5.20. The maximum absolute atomic E-state index is 12.3. The number of amides is 2. The molecule has 0 aromatic carbocycles. The molecule has 2 rings (SSSR count). The van der Waals surface area contributed by atoms with Gasteiger partial charge in [0.2, 0.25) is 0 Å². The lowest BCUT2D eigenvalue weighted by atomic mass is 10.2.